The van der Waals surface area contributed by atoms with Crippen molar-refractivity contribution in [3.05, 3.63) is 53.7 Å². The van der Waals surface area contributed by atoms with Crippen molar-refractivity contribution in [2.45, 2.75) is 19.4 Å². The van der Waals surface area contributed by atoms with Gasteiger partial charge in [0.1, 0.15) is 5.75 Å². The van der Waals surface area contributed by atoms with E-state index in [4.69, 9.17) is 10.00 Å². The van der Waals surface area contributed by atoms with E-state index in [2.05, 4.69) is 11.1 Å². The van der Waals surface area contributed by atoms with Crippen molar-refractivity contribution in [1.82, 2.24) is 4.98 Å². The van der Waals surface area contributed by atoms with Crippen LogP contribution in [0.5, 0.6) is 11.6 Å². The first kappa shape index (κ1) is 13.1. The second-order valence-electron chi connectivity index (χ2n) is 4.18. The summed E-state index contributed by atoms with van der Waals surface area (Å²) in [5.74, 6) is 1.09. The Bertz CT molecular complexity index is 586. The first-order valence-corrected chi connectivity index (χ1v) is 5.97. The number of rotatable bonds is 4. The Kier molecular flexibility index (Phi) is 4.11. The molecule has 0 aliphatic heterocycles. The van der Waals surface area contributed by atoms with E-state index >= 15 is 0 Å². The largest absolute Gasteiger partial charge is 0.439 e. The second-order valence-corrected chi connectivity index (χ2v) is 4.18. The van der Waals surface area contributed by atoms with E-state index in [1.165, 1.54) is 0 Å². The quantitative estimate of drug-likeness (QED) is 0.910. The summed E-state index contributed by atoms with van der Waals surface area (Å²) < 4.78 is 5.60. The molecule has 1 N–H and O–H groups in total. The van der Waals surface area contributed by atoms with Crippen LogP contribution in [0.2, 0.25) is 0 Å². The molecule has 0 fully saturated rings. The number of aliphatic hydroxyl groups excluding tert-OH is 1. The van der Waals surface area contributed by atoms with Gasteiger partial charge in [-0.05, 0) is 36.2 Å². The normalized spacial score (nSPS) is 11.6. The molecular weight excluding hydrogens is 240 g/mol. The van der Waals surface area contributed by atoms with Gasteiger partial charge in [-0.2, -0.15) is 5.26 Å². The number of benzene rings is 1. The molecule has 0 spiro atoms. The minimum absolute atomic E-state index is 0.385. The minimum atomic E-state index is -0.552. The van der Waals surface area contributed by atoms with E-state index in [-0.39, 0.29) is 0 Å². The van der Waals surface area contributed by atoms with Crippen LogP contribution in [0.15, 0.2) is 42.6 Å². The molecule has 1 aromatic heterocycles. The Labute approximate surface area is 111 Å². The van der Waals surface area contributed by atoms with Gasteiger partial charge in [0.15, 0.2) is 0 Å². The first-order valence-electron chi connectivity index (χ1n) is 5.97. The predicted molar refractivity (Wildman–Crippen MR) is 70.7 cm³/mol. The maximum atomic E-state index is 9.50. The predicted octanol–water partition coefficient (Wildman–Crippen LogP) is 2.99. The molecule has 0 aliphatic carbocycles. The molecule has 1 aromatic carbocycles. The topological polar surface area (TPSA) is 66.1 Å². The number of hydrogen-bond donors (Lipinski definition) is 1. The molecule has 2 aromatic rings. The summed E-state index contributed by atoms with van der Waals surface area (Å²) in [4.78, 5) is 4.09. The standard InChI is InChI=1S/C15H14N2O2/c1-11(18)13-7-9-17-15(10-13)19-14-4-2-12(3-5-14)6-8-16/h2-5,7,9-11,18H,6H2,1H3/t11-/m1/s1. The smallest absolute Gasteiger partial charge is 0.219 e. The fourth-order valence-electron chi connectivity index (χ4n) is 1.63. The zero-order chi connectivity index (χ0) is 13.7. The highest BCUT2D eigenvalue weighted by molar-refractivity contribution is 5.32. The summed E-state index contributed by atoms with van der Waals surface area (Å²) in [6.07, 6.45) is 1.43. The number of aliphatic hydroxyl groups is 1. The van der Waals surface area contributed by atoms with Crippen molar-refractivity contribution in [3.63, 3.8) is 0 Å². The van der Waals surface area contributed by atoms with Crippen LogP contribution in [0.3, 0.4) is 0 Å². The van der Waals surface area contributed by atoms with Gasteiger partial charge >= 0.3 is 0 Å². The molecule has 0 radical (unpaired) electrons. The molecular formula is C15H14N2O2. The van der Waals surface area contributed by atoms with E-state index in [0.717, 1.165) is 11.1 Å². The third-order valence-corrected chi connectivity index (χ3v) is 2.67. The van der Waals surface area contributed by atoms with Crippen molar-refractivity contribution >= 4 is 0 Å². The van der Waals surface area contributed by atoms with Crippen LogP contribution >= 0.6 is 0 Å². The maximum Gasteiger partial charge on any atom is 0.219 e. The lowest BCUT2D eigenvalue weighted by Crippen LogP contribution is -1.94. The SMILES string of the molecule is C[C@@H](O)c1ccnc(Oc2ccc(CC#N)cc2)c1. The van der Waals surface area contributed by atoms with Crippen LogP contribution in [0.25, 0.3) is 0 Å². The Hall–Kier alpha value is -2.38. The second kappa shape index (κ2) is 5.98. The number of ether oxygens (including phenoxy) is 1. The van der Waals surface area contributed by atoms with Gasteiger partial charge in [0.05, 0.1) is 18.6 Å². The highest BCUT2D eigenvalue weighted by Gasteiger charge is 2.04. The lowest BCUT2D eigenvalue weighted by molar-refractivity contribution is 0.198. The number of nitrogens with zero attached hydrogens (tertiary/aromatic N) is 2. The summed E-state index contributed by atoms with van der Waals surface area (Å²) in [6.45, 7) is 1.69. The molecule has 0 saturated heterocycles. The van der Waals surface area contributed by atoms with Crippen LogP contribution in [0, 0.1) is 11.3 Å². The highest BCUT2D eigenvalue weighted by atomic mass is 16.5. The molecule has 1 atom stereocenters. The van der Waals surface area contributed by atoms with Crippen LogP contribution in [0.4, 0.5) is 0 Å². The Morgan fingerprint density at radius 1 is 1.32 bits per heavy atom. The first-order chi connectivity index (χ1) is 9.19. The average molecular weight is 254 g/mol. The maximum absolute atomic E-state index is 9.50. The van der Waals surface area contributed by atoms with Gasteiger partial charge < -0.3 is 9.84 Å². The molecule has 4 nitrogen and oxygen atoms in total. The Morgan fingerprint density at radius 3 is 2.68 bits per heavy atom. The van der Waals surface area contributed by atoms with Crippen LogP contribution in [-0.2, 0) is 6.42 Å². The van der Waals surface area contributed by atoms with E-state index in [9.17, 15) is 5.11 Å². The molecule has 0 amide bonds. The van der Waals surface area contributed by atoms with E-state index < -0.39 is 6.10 Å². The Morgan fingerprint density at radius 2 is 2.05 bits per heavy atom. The zero-order valence-electron chi connectivity index (χ0n) is 10.6. The summed E-state index contributed by atoms with van der Waals surface area (Å²) >= 11 is 0. The lowest BCUT2D eigenvalue weighted by atomic mass is 10.1. The lowest BCUT2D eigenvalue weighted by Gasteiger charge is -2.08. The summed E-state index contributed by atoms with van der Waals surface area (Å²) in [7, 11) is 0. The van der Waals surface area contributed by atoms with Crippen molar-refractivity contribution in [3.8, 4) is 17.7 Å². The monoisotopic (exact) mass is 254 g/mol. The zero-order valence-corrected chi connectivity index (χ0v) is 10.6. The minimum Gasteiger partial charge on any atom is -0.439 e. The van der Waals surface area contributed by atoms with E-state index in [0.29, 0.717) is 18.1 Å². The third-order valence-electron chi connectivity index (χ3n) is 2.67. The third kappa shape index (κ3) is 3.54. The fraction of sp³-hybridized carbons (Fsp3) is 0.200. The summed E-state index contributed by atoms with van der Waals surface area (Å²) in [5, 5.41) is 18.1. The molecule has 0 aliphatic rings. The van der Waals surface area contributed by atoms with Crippen molar-refractivity contribution in [1.29, 1.82) is 5.26 Å². The molecule has 19 heavy (non-hydrogen) atoms. The van der Waals surface area contributed by atoms with Gasteiger partial charge in [0, 0.05) is 12.3 Å². The number of aromatic nitrogens is 1. The van der Waals surface area contributed by atoms with Gasteiger partial charge in [-0.1, -0.05) is 12.1 Å². The highest BCUT2D eigenvalue weighted by Crippen LogP contribution is 2.22. The molecule has 2 rings (SSSR count). The van der Waals surface area contributed by atoms with Crippen molar-refractivity contribution < 1.29 is 9.84 Å². The van der Waals surface area contributed by atoms with Crippen LogP contribution < -0.4 is 4.74 Å². The van der Waals surface area contributed by atoms with Gasteiger partial charge in [0.2, 0.25) is 5.88 Å². The molecule has 1 heterocycles. The van der Waals surface area contributed by atoms with E-state index in [1.807, 2.05) is 12.1 Å². The fourth-order valence-corrected chi connectivity index (χ4v) is 1.63. The van der Waals surface area contributed by atoms with Crippen LogP contribution in [0.1, 0.15) is 24.2 Å². The summed E-state index contributed by atoms with van der Waals surface area (Å²) in [6, 6.07) is 12.8. The van der Waals surface area contributed by atoms with Crippen molar-refractivity contribution in [2.24, 2.45) is 0 Å². The van der Waals surface area contributed by atoms with Gasteiger partial charge in [-0.25, -0.2) is 4.98 Å². The number of nitriles is 1. The molecule has 0 saturated carbocycles. The van der Waals surface area contributed by atoms with Crippen LogP contribution in [-0.4, -0.2) is 10.1 Å². The molecule has 96 valence electrons. The van der Waals surface area contributed by atoms with Gasteiger partial charge in [0.25, 0.3) is 0 Å². The number of hydrogen-bond acceptors (Lipinski definition) is 4. The van der Waals surface area contributed by atoms with Gasteiger partial charge in [-0.3, -0.25) is 0 Å². The Balaban J connectivity index is 2.12. The number of pyridine rings is 1. The van der Waals surface area contributed by atoms with E-state index in [1.54, 1.807) is 37.4 Å². The molecule has 4 heteroatoms. The average Bonchev–Trinajstić information content (AvgIpc) is 2.42. The summed E-state index contributed by atoms with van der Waals surface area (Å²) in [5.41, 5.74) is 1.70. The van der Waals surface area contributed by atoms with Gasteiger partial charge in [-0.15, -0.1) is 0 Å². The van der Waals surface area contributed by atoms with Crippen molar-refractivity contribution in [2.75, 3.05) is 0 Å². The molecule has 0 unspecified atom stereocenters. The molecule has 0 bridgehead atoms.